The Hall–Kier alpha value is -0.0800. The van der Waals surface area contributed by atoms with Crippen LogP contribution in [0, 0.1) is 17.3 Å². The van der Waals surface area contributed by atoms with Crippen LogP contribution in [0.25, 0.3) is 0 Å². The summed E-state index contributed by atoms with van der Waals surface area (Å²) in [7, 11) is 0. The zero-order chi connectivity index (χ0) is 14.0. The first kappa shape index (κ1) is 15.3. The molecule has 0 aromatic carbocycles. The number of likely N-dealkylation sites (tertiary alicyclic amines) is 1. The second-order valence-electron chi connectivity index (χ2n) is 8.01. The standard InChI is InChI=1S/C17H33NO/c1-13(2)14-6-5-10-18(11-8-14)15-12-17(3,4)9-7-16(15)19/h13-16,19H,5-12H2,1-4H3. The Morgan fingerprint density at radius 3 is 2.53 bits per heavy atom. The van der Waals surface area contributed by atoms with Gasteiger partial charge in [-0.25, -0.2) is 0 Å². The normalized spacial score (nSPS) is 37.3. The molecule has 1 saturated carbocycles. The molecule has 1 saturated heterocycles. The van der Waals surface area contributed by atoms with Crippen molar-refractivity contribution in [2.45, 2.75) is 78.4 Å². The Morgan fingerprint density at radius 1 is 1.11 bits per heavy atom. The molecule has 112 valence electrons. The van der Waals surface area contributed by atoms with Gasteiger partial charge in [-0.05, 0) is 68.9 Å². The molecule has 0 spiro atoms. The monoisotopic (exact) mass is 267 g/mol. The highest BCUT2D eigenvalue weighted by Crippen LogP contribution is 2.38. The first-order valence-electron chi connectivity index (χ1n) is 8.31. The lowest BCUT2D eigenvalue weighted by molar-refractivity contribution is -0.0165. The lowest BCUT2D eigenvalue weighted by atomic mass is 9.73. The van der Waals surface area contributed by atoms with Gasteiger partial charge in [0.25, 0.3) is 0 Å². The summed E-state index contributed by atoms with van der Waals surface area (Å²) in [4.78, 5) is 2.61. The highest BCUT2D eigenvalue weighted by Gasteiger charge is 2.37. The second-order valence-corrected chi connectivity index (χ2v) is 8.01. The van der Waals surface area contributed by atoms with Gasteiger partial charge >= 0.3 is 0 Å². The van der Waals surface area contributed by atoms with Crippen molar-refractivity contribution in [1.29, 1.82) is 0 Å². The third-order valence-electron chi connectivity index (χ3n) is 5.54. The maximum absolute atomic E-state index is 10.4. The molecule has 0 amide bonds. The van der Waals surface area contributed by atoms with Gasteiger partial charge in [0.1, 0.15) is 0 Å². The Balaban J connectivity index is 1.97. The fourth-order valence-electron chi connectivity index (χ4n) is 4.05. The first-order chi connectivity index (χ1) is 8.89. The molecule has 2 aliphatic rings. The van der Waals surface area contributed by atoms with Crippen LogP contribution in [-0.4, -0.2) is 35.2 Å². The molecule has 1 aliphatic heterocycles. The number of aliphatic hydroxyl groups excluding tert-OH is 1. The van der Waals surface area contributed by atoms with Gasteiger partial charge in [-0.3, -0.25) is 4.90 Å². The van der Waals surface area contributed by atoms with Crippen molar-refractivity contribution in [2.75, 3.05) is 13.1 Å². The van der Waals surface area contributed by atoms with E-state index < -0.39 is 0 Å². The van der Waals surface area contributed by atoms with Crippen LogP contribution in [0.3, 0.4) is 0 Å². The molecule has 0 aromatic heterocycles. The summed E-state index contributed by atoms with van der Waals surface area (Å²) in [5.74, 6) is 1.70. The maximum Gasteiger partial charge on any atom is 0.0695 e. The van der Waals surface area contributed by atoms with Crippen molar-refractivity contribution in [3.63, 3.8) is 0 Å². The highest BCUT2D eigenvalue weighted by molar-refractivity contribution is 4.91. The van der Waals surface area contributed by atoms with E-state index in [1.807, 2.05) is 0 Å². The Labute approximate surface area is 119 Å². The van der Waals surface area contributed by atoms with Gasteiger partial charge in [0, 0.05) is 6.04 Å². The van der Waals surface area contributed by atoms with Gasteiger partial charge in [0.2, 0.25) is 0 Å². The molecule has 3 unspecified atom stereocenters. The smallest absolute Gasteiger partial charge is 0.0695 e. The fraction of sp³-hybridized carbons (Fsp3) is 1.00. The van der Waals surface area contributed by atoms with E-state index in [0.29, 0.717) is 11.5 Å². The Morgan fingerprint density at radius 2 is 1.84 bits per heavy atom. The summed E-state index contributed by atoms with van der Waals surface area (Å²) in [5, 5.41) is 10.4. The summed E-state index contributed by atoms with van der Waals surface area (Å²) in [6.07, 6.45) is 7.24. The number of hydrogen-bond donors (Lipinski definition) is 1. The second kappa shape index (κ2) is 6.13. The predicted octanol–water partition coefficient (Wildman–Crippen LogP) is 3.68. The van der Waals surface area contributed by atoms with Gasteiger partial charge in [-0.1, -0.05) is 27.7 Å². The molecule has 3 atom stereocenters. The first-order valence-corrected chi connectivity index (χ1v) is 8.31. The molecular formula is C17H33NO. The van der Waals surface area contributed by atoms with Gasteiger partial charge in [-0.15, -0.1) is 0 Å². The minimum atomic E-state index is -0.0939. The molecule has 1 heterocycles. The third-order valence-corrected chi connectivity index (χ3v) is 5.54. The molecular weight excluding hydrogens is 234 g/mol. The van der Waals surface area contributed by atoms with Crippen molar-refractivity contribution < 1.29 is 5.11 Å². The average molecular weight is 267 g/mol. The lowest BCUT2D eigenvalue weighted by Crippen LogP contribution is -2.49. The Bertz CT molecular complexity index is 287. The molecule has 0 radical (unpaired) electrons. The molecule has 1 aliphatic carbocycles. The minimum Gasteiger partial charge on any atom is -0.391 e. The van der Waals surface area contributed by atoms with Crippen LogP contribution < -0.4 is 0 Å². The molecule has 2 fully saturated rings. The van der Waals surface area contributed by atoms with Gasteiger partial charge < -0.3 is 5.11 Å². The molecule has 2 nitrogen and oxygen atoms in total. The van der Waals surface area contributed by atoms with E-state index in [2.05, 4.69) is 32.6 Å². The summed E-state index contributed by atoms with van der Waals surface area (Å²) in [6, 6.07) is 0.412. The van der Waals surface area contributed by atoms with Crippen LogP contribution in [-0.2, 0) is 0 Å². The quantitative estimate of drug-likeness (QED) is 0.825. The number of nitrogens with zero attached hydrogens (tertiary/aromatic N) is 1. The van der Waals surface area contributed by atoms with Crippen LogP contribution in [0.4, 0.5) is 0 Å². The Kier molecular flexibility index (Phi) is 4.94. The van der Waals surface area contributed by atoms with E-state index in [1.54, 1.807) is 0 Å². The van der Waals surface area contributed by atoms with Gasteiger partial charge in [0.15, 0.2) is 0 Å². The van der Waals surface area contributed by atoms with Crippen molar-refractivity contribution in [3.8, 4) is 0 Å². The van der Waals surface area contributed by atoms with Crippen molar-refractivity contribution in [1.82, 2.24) is 4.90 Å². The van der Waals surface area contributed by atoms with E-state index >= 15 is 0 Å². The van der Waals surface area contributed by atoms with Crippen LogP contribution in [0.5, 0.6) is 0 Å². The number of hydrogen-bond acceptors (Lipinski definition) is 2. The van der Waals surface area contributed by atoms with Crippen molar-refractivity contribution in [3.05, 3.63) is 0 Å². The van der Waals surface area contributed by atoms with E-state index in [1.165, 1.54) is 45.2 Å². The summed E-state index contributed by atoms with van der Waals surface area (Å²) >= 11 is 0. The largest absolute Gasteiger partial charge is 0.391 e. The topological polar surface area (TPSA) is 23.5 Å². The van der Waals surface area contributed by atoms with Crippen molar-refractivity contribution in [2.24, 2.45) is 17.3 Å². The maximum atomic E-state index is 10.4. The van der Waals surface area contributed by atoms with Crippen molar-refractivity contribution >= 4 is 0 Å². The predicted molar refractivity (Wildman–Crippen MR) is 81.2 cm³/mol. The van der Waals surface area contributed by atoms with Crippen LogP contribution in [0.1, 0.15) is 66.2 Å². The molecule has 2 rings (SSSR count). The van der Waals surface area contributed by atoms with E-state index in [-0.39, 0.29) is 6.10 Å². The SMILES string of the molecule is CC(C)C1CCCN(C2CC(C)(C)CCC2O)CC1. The minimum absolute atomic E-state index is 0.0939. The average Bonchev–Trinajstić information content (AvgIpc) is 2.58. The zero-order valence-electron chi connectivity index (χ0n) is 13.4. The molecule has 19 heavy (non-hydrogen) atoms. The lowest BCUT2D eigenvalue weighted by Gasteiger charge is -2.44. The van der Waals surface area contributed by atoms with Crippen LogP contribution in [0.2, 0.25) is 0 Å². The number of aliphatic hydroxyl groups is 1. The molecule has 2 heteroatoms. The van der Waals surface area contributed by atoms with Gasteiger partial charge in [-0.2, -0.15) is 0 Å². The molecule has 0 bridgehead atoms. The summed E-state index contributed by atoms with van der Waals surface area (Å²) < 4.78 is 0. The van der Waals surface area contributed by atoms with Gasteiger partial charge in [0.05, 0.1) is 6.10 Å². The van der Waals surface area contributed by atoms with Crippen LogP contribution in [0.15, 0.2) is 0 Å². The van der Waals surface area contributed by atoms with E-state index in [4.69, 9.17) is 0 Å². The fourth-order valence-corrected chi connectivity index (χ4v) is 4.05. The number of rotatable bonds is 2. The third kappa shape index (κ3) is 3.95. The molecule has 0 aromatic rings. The van der Waals surface area contributed by atoms with Crippen LogP contribution >= 0.6 is 0 Å². The summed E-state index contributed by atoms with van der Waals surface area (Å²) in [6.45, 7) is 11.8. The zero-order valence-corrected chi connectivity index (χ0v) is 13.4. The summed E-state index contributed by atoms with van der Waals surface area (Å²) in [5.41, 5.74) is 0.410. The highest BCUT2D eigenvalue weighted by atomic mass is 16.3. The van der Waals surface area contributed by atoms with E-state index in [9.17, 15) is 5.11 Å². The van der Waals surface area contributed by atoms with E-state index in [0.717, 1.165) is 18.3 Å². The molecule has 1 N–H and O–H groups in total.